The van der Waals surface area contributed by atoms with Crippen LogP contribution in [0.3, 0.4) is 0 Å². The van der Waals surface area contributed by atoms with Crippen molar-refractivity contribution in [2.45, 2.75) is 19.4 Å². The highest BCUT2D eigenvalue weighted by atomic mass is 16.4. The van der Waals surface area contributed by atoms with E-state index in [1.807, 2.05) is 4.90 Å². The van der Waals surface area contributed by atoms with Gasteiger partial charge >= 0.3 is 0 Å². The maximum atomic E-state index is 9.45. The van der Waals surface area contributed by atoms with Crippen molar-refractivity contribution in [2.24, 2.45) is 16.8 Å². The minimum Gasteiger partial charge on any atom is -0.409 e. The maximum absolute atomic E-state index is 9.45. The Morgan fingerprint density at radius 2 is 2.44 bits per heavy atom. The van der Waals surface area contributed by atoms with Gasteiger partial charge in [0.15, 0.2) is 11.7 Å². The third kappa shape index (κ3) is 2.08. The lowest BCUT2D eigenvalue weighted by Gasteiger charge is -2.27. The molecule has 0 amide bonds. The van der Waals surface area contributed by atoms with Crippen LogP contribution >= 0.6 is 0 Å². The molecular formula is C11H17N5O2. The average molecular weight is 251 g/mol. The van der Waals surface area contributed by atoms with Crippen molar-refractivity contribution in [1.29, 1.82) is 0 Å². The Morgan fingerprint density at radius 3 is 3.11 bits per heavy atom. The number of nitrogens with two attached hydrogens (primary N) is 1. The minimum absolute atomic E-state index is 0.00357. The van der Waals surface area contributed by atoms with Gasteiger partial charge < -0.3 is 20.9 Å². The van der Waals surface area contributed by atoms with Crippen molar-refractivity contribution < 1.29 is 10.3 Å². The normalized spacial score (nSPS) is 24.6. The third-order valence-electron chi connectivity index (χ3n) is 3.43. The second kappa shape index (κ2) is 5.18. The zero-order chi connectivity index (χ0) is 13.1. The zero-order valence-electron chi connectivity index (χ0n) is 10.2. The predicted octanol–water partition coefficient (Wildman–Crippen LogP) is -0.222. The molecule has 1 fully saturated rings. The van der Waals surface area contributed by atoms with Gasteiger partial charge in [-0.15, -0.1) is 5.10 Å². The smallest absolute Gasteiger partial charge is 0.173 e. The number of hydrogen-bond acceptors (Lipinski definition) is 6. The largest absolute Gasteiger partial charge is 0.409 e. The molecule has 2 atom stereocenters. The molecule has 98 valence electrons. The van der Waals surface area contributed by atoms with E-state index in [0.29, 0.717) is 17.3 Å². The molecule has 0 spiro atoms. The van der Waals surface area contributed by atoms with Gasteiger partial charge in [-0.25, -0.2) is 0 Å². The molecular weight excluding hydrogens is 234 g/mol. The Hall–Kier alpha value is -1.89. The van der Waals surface area contributed by atoms with Crippen molar-refractivity contribution in [1.82, 2.24) is 10.2 Å². The molecule has 1 saturated heterocycles. The summed E-state index contributed by atoms with van der Waals surface area (Å²) in [5.74, 6) is 0.921. The van der Waals surface area contributed by atoms with Crippen LogP contribution < -0.4 is 10.6 Å². The second-order valence-electron chi connectivity index (χ2n) is 4.46. The summed E-state index contributed by atoms with van der Waals surface area (Å²) < 4.78 is 0. The molecule has 0 radical (unpaired) electrons. The SMILES string of the molecule is CC1CCN(c2nnccc2/C(N)=N/O)C1CO. The molecule has 4 N–H and O–H groups in total. The fourth-order valence-corrected chi connectivity index (χ4v) is 2.34. The highest BCUT2D eigenvalue weighted by molar-refractivity contribution is 6.01. The third-order valence-corrected chi connectivity index (χ3v) is 3.43. The van der Waals surface area contributed by atoms with Crippen LogP contribution in [0, 0.1) is 5.92 Å². The average Bonchev–Trinajstić information content (AvgIpc) is 2.78. The summed E-state index contributed by atoms with van der Waals surface area (Å²) in [6.07, 6.45) is 2.46. The molecule has 1 aliphatic heterocycles. The van der Waals surface area contributed by atoms with Crippen LogP contribution in [-0.4, -0.2) is 45.5 Å². The monoisotopic (exact) mass is 251 g/mol. The number of hydrogen-bond donors (Lipinski definition) is 3. The van der Waals surface area contributed by atoms with E-state index in [2.05, 4.69) is 22.3 Å². The first-order valence-corrected chi connectivity index (χ1v) is 5.86. The number of anilines is 1. The summed E-state index contributed by atoms with van der Waals surface area (Å²) in [4.78, 5) is 1.96. The molecule has 1 aromatic heterocycles. The van der Waals surface area contributed by atoms with Crippen molar-refractivity contribution in [2.75, 3.05) is 18.1 Å². The zero-order valence-corrected chi connectivity index (χ0v) is 10.2. The van der Waals surface area contributed by atoms with E-state index in [4.69, 9.17) is 10.9 Å². The Labute approximate surface area is 105 Å². The first kappa shape index (κ1) is 12.6. The molecule has 0 aromatic carbocycles. The van der Waals surface area contributed by atoms with Crippen molar-refractivity contribution in [3.63, 3.8) is 0 Å². The van der Waals surface area contributed by atoms with Crippen molar-refractivity contribution >= 4 is 11.7 Å². The number of amidine groups is 1. The Kier molecular flexibility index (Phi) is 3.61. The summed E-state index contributed by atoms with van der Waals surface area (Å²) in [7, 11) is 0. The van der Waals surface area contributed by atoms with Gasteiger partial charge in [0, 0.05) is 6.54 Å². The lowest BCUT2D eigenvalue weighted by atomic mass is 10.0. The Balaban J connectivity index is 2.39. The Morgan fingerprint density at radius 1 is 1.67 bits per heavy atom. The van der Waals surface area contributed by atoms with Gasteiger partial charge in [0.25, 0.3) is 0 Å². The lowest BCUT2D eigenvalue weighted by Crippen LogP contribution is -2.37. The van der Waals surface area contributed by atoms with Gasteiger partial charge in [0.05, 0.1) is 24.4 Å². The quantitative estimate of drug-likeness (QED) is 0.296. The van der Waals surface area contributed by atoms with Crippen molar-refractivity contribution in [3.05, 3.63) is 17.8 Å². The van der Waals surface area contributed by atoms with E-state index in [0.717, 1.165) is 13.0 Å². The Bertz CT molecular complexity index is 451. The number of rotatable bonds is 3. The van der Waals surface area contributed by atoms with E-state index in [1.54, 1.807) is 6.07 Å². The van der Waals surface area contributed by atoms with E-state index >= 15 is 0 Å². The van der Waals surface area contributed by atoms with Crippen LogP contribution in [0.5, 0.6) is 0 Å². The summed E-state index contributed by atoms with van der Waals surface area (Å²) in [6.45, 7) is 2.91. The van der Waals surface area contributed by atoms with E-state index in [-0.39, 0.29) is 18.5 Å². The summed E-state index contributed by atoms with van der Waals surface area (Å²) in [5, 5.41) is 29.1. The number of oxime groups is 1. The van der Waals surface area contributed by atoms with Crippen molar-refractivity contribution in [3.8, 4) is 0 Å². The highest BCUT2D eigenvalue weighted by Gasteiger charge is 2.33. The fourth-order valence-electron chi connectivity index (χ4n) is 2.34. The molecule has 2 heterocycles. The number of aliphatic hydroxyl groups is 1. The minimum atomic E-state index is -0.00746. The molecule has 1 aromatic rings. The van der Waals surface area contributed by atoms with Gasteiger partial charge in [-0.3, -0.25) is 0 Å². The molecule has 0 saturated carbocycles. The summed E-state index contributed by atoms with van der Waals surface area (Å²) in [6, 6.07) is 1.64. The van der Waals surface area contributed by atoms with Gasteiger partial charge in [-0.1, -0.05) is 12.1 Å². The molecule has 2 unspecified atom stereocenters. The van der Waals surface area contributed by atoms with Crippen LogP contribution in [-0.2, 0) is 0 Å². The standard InChI is InChI=1S/C11H17N5O2/c1-7-3-5-16(9(7)6-17)11-8(10(12)15-18)2-4-13-14-11/h2,4,7,9,17-18H,3,5-6H2,1H3,(H2,12,15). The predicted molar refractivity (Wildman–Crippen MR) is 66.5 cm³/mol. The molecule has 2 rings (SSSR count). The molecule has 18 heavy (non-hydrogen) atoms. The van der Waals surface area contributed by atoms with Gasteiger partial charge in [-0.2, -0.15) is 5.10 Å². The van der Waals surface area contributed by atoms with Gasteiger partial charge in [-0.05, 0) is 18.4 Å². The summed E-state index contributed by atoms with van der Waals surface area (Å²) in [5.41, 5.74) is 6.16. The fraction of sp³-hybridized carbons (Fsp3) is 0.545. The van der Waals surface area contributed by atoms with E-state index < -0.39 is 0 Å². The number of aliphatic hydroxyl groups excluding tert-OH is 1. The molecule has 1 aliphatic rings. The molecule has 7 nitrogen and oxygen atoms in total. The van der Waals surface area contributed by atoms with Crippen LogP contribution in [0.1, 0.15) is 18.9 Å². The second-order valence-corrected chi connectivity index (χ2v) is 4.46. The topological polar surface area (TPSA) is 108 Å². The van der Waals surface area contributed by atoms with Crippen LogP contribution in [0.2, 0.25) is 0 Å². The molecule has 0 aliphatic carbocycles. The molecule has 7 heteroatoms. The van der Waals surface area contributed by atoms with Crippen LogP contribution in [0.4, 0.5) is 5.82 Å². The van der Waals surface area contributed by atoms with Crippen LogP contribution in [0.15, 0.2) is 17.4 Å². The van der Waals surface area contributed by atoms with E-state index in [1.165, 1.54) is 6.20 Å². The first-order valence-electron chi connectivity index (χ1n) is 5.86. The highest BCUT2D eigenvalue weighted by Crippen LogP contribution is 2.29. The summed E-state index contributed by atoms with van der Waals surface area (Å²) >= 11 is 0. The van der Waals surface area contributed by atoms with E-state index in [9.17, 15) is 5.11 Å². The van der Waals surface area contributed by atoms with Crippen LogP contribution in [0.25, 0.3) is 0 Å². The maximum Gasteiger partial charge on any atom is 0.173 e. The number of nitrogens with zero attached hydrogens (tertiary/aromatic N) is 4. The first-order chi connectivity index (χ1) is 8.69. The molecule has 0 bridgehead atoms. The van der Waals surface area contributed by atoms with Gasteiger partial charge in [0.1, 0.15) is 0 Å². The lowest BCUT2D eigenvalue weighted by molar-refractivity contribution is 0.244. The van der Waals surface area contributed by atoms with Gasteiger partial charge in [0.2, 0.25) is 0 Å². The number of aromatic nitrogens is 2.